The van der Waals surface area contributed by atoms with Gasteiger partial charge in [-0.05, 0) is 55.9 Å². The summed E-state index contributed by atoms with van der Waals surface area (Å²) in [7, 11) is 3.97. The Hall–Kier alpha value is -3.22. The third-order valence-electron chi connectivity index (χ3n) is 8.02. The fourth-order valence-electron chi connectivity index (χ4n) is 5.62. The maximum Gasteiger partial charge on any atom is 0.236 e. The molecule has 0 aliphatic carbocycles. The predicted octanol–water partition coefficient (Wildman–Crippen LogP) is 3.15. The molecule has 3 aromatic rings. The highest BCUT2D eigenvalue weighted by Gasteiger charge is 2.38. The van der Waals surface area contributed by atoms with Crippen molar-refractivity contribution in [2.75, 3.05) is 70.4 Å². The van der Waals surface area contributed by atoms with Crippen LogP contribution in [0, 0.1) is 17.1 Å². The molecule has 2 atom stereocenters. The van der Waals surface area contributed by atoms with Gasteiger partial charge in [-0.2, -0.15) is 5.26 Å². The summed E-state index contributed by atoms with van der Waals surface area (Å²) in [6.45, 7) is 6.82. The number of amides is 1. The number of nitriles is 1. The molecule has 2 aromatic heterocycles. The van der Waals surface area contributed by atoms with Crippen LogP contribution in [0.1, 0.15) is 23.9 Å². The number of rotatable bonds is 8. The third-order valence-corrected chi connectivity index (χ3v) is 10.2. The zero-order valence-corrected chi connectivity index (χ0v) is 25.5. The molecule has 2 unspecified atom stereocenters. The van der Waals surface area contributed by atoms with Crippen LogP contribution in [-0.2, 0) is 16.0 Å². The van der Waals surface area contributed by atoms with E-state index in [-0.39, 0.29) is 17.2 Å². The van der Waals surface area contributed by atoms with Gasteiger partial charge in [-0.3, -0.25) is 20.0 Å². The number of thiazole rings is 1. The average Bonchev–Trinajstić information content (AvgIpc) is 3.80. The van der Waals surface area contributed by atoms with Crippen LogP contribution >= 0.6 is 23.1 Å². The lowest BCUT2D eigenvalue weighted by molar-refractivity contribution is -0.136. The Kier molecular flexibility index (Phi) is 8.37. The highest BCUT2D eigenvalue weighted by Crippen LogP contribution is 2.41. The number of hydrogen-bond acceptors (Lipinski definition) is 11. The summed E-state index contributed by atoms with van der Waals surface area (Å²) >= 11 is 2.99. The summed E-state index contributed by atoms with van der Waals surface area (Å²) in [5.74, 6) is 0.718. The zero-order valence-electron chi connectivity index (χ0n) is 23.9. The molecule has 11 nitrogen and oxygen atoms in total. The van der Waals surface area contributed by atoms with Crippen molar-refractivity contribution in [3.05, 3.63) is 40.7 Å². The number of thioether (sulfide) groups is 1. The van der Waals surface area contributed by atoms with E-state index in [1.807, 2.05) is 28.6 Å². The van der Waals surface area contributed by atoms with Gasteiger partial charge in [0, 0.05) is 44.8 Å². The number of aryl methyl sites for hydroxylation is 1. The van der Waals surface area contributed by atoms with Crippen molar-refractivity contribution in [1.29, 1.82) is 5.26 Å². The van der Waals surface area contributed by atoms with Crippen molar-refractivity contribution < 1.29 is 13.9 Å². The summed E-state index contributed by atoms with van der Waals surface area (Å²) in [5.41, 5.74) is 5.83. The van der Waals surface area contributed by atoms with Gasteiger partial charge in [-0.1, -0.05) is 18.3 Å². The molecular weight excluding hydrogens is 578 g/mol. The van der Waals surface area contributed by atoms with Crippen molar-refractivity contribution in [3.63, 3.8) is 0 Å². The first-order valence-electron chi connectivity index (χ1n) is 14.1. The molecule has 42 heavy (non-hydrogen) atoms. The number of halogens is 1. The smallest absolute Gasteiger partial charge is 0.236 e. The molecule has 1 amide bonds. The second kappa shape index (κ2) is 12.2. The van der Waals surface area contributed by atoms with Crippen LogP contribution in [0.5, 0.6) is 0 Å². The number of aromatic nitrogens is 3. The van der Waals surface area contributed by atoms with Gasteiger partial charge < -0.3 is 14.5 Å². The van der Waals surface area contributed by atoms with Gasteiger partial charge in [0.2, 0.25) is 5.91 Å². The SMILES string of the molecule is CCc1nc2n(c1N(C)c1nc(-c3ccc(F)cc3)c(C#N)s1)NC(N1CCC(N(C)CC(=O)N3CCOCC3)C1)S2. The normalized spacial score (nSPS) is 20.5. The van der Waals surface area contributed by atoms with Crippen LogP contribution in [0.2, 0.25) is 0 Å². The maximum absolute atomic E-state index is 13.5. The highest BCUT2D eigenvalue weighted by molar-refractivity contribution is 8.00. The Morgan fingerprint density at radius 2 is 1.98 bits per heavy atom. The van der Waals surface area contributed by atoms with Gasteiger partial charge in [-0.15, -0.1) is 0 Å². The Morgan fingerprint density at radius 3 is 2.69 bits per heavy atom. The third kappa shape index (κ3) is 5.59. The molecule has 3 aliphatic heterocycles. The largest absolute Gasteiger partial charge is 0.378 e. The van der Waals surface area contributed by atoms with E-state index in [2.05, 4.69) is 28.2 Å². The number of carbonyl (C=O) groups is 1. The van der Waals surface area contributed by atoms with Gasteiger partial charge >= 0.3 is 0 Å². The topological polar surface area (TPSA) is 106 Å². The fourth-order valence-corrected chi connectivity index (χ4v) is 7.58. The van der Waals surface area contributed by atoms with Crippen LogP contribution in [-0.4, -0.2) is 107 Å². The minimum absolute atomic E-state index is 0.0136. The lowest BCUT2D eigenvalue weighted by atomic mass is 10.1. The van der Waals surface area contributed by atoms with Crippen molar-refractivity contribution >= 4 is 40.0 Å². The number of benzene rings is 1. The van der Waals surface area contributed by atoms with Crippen LogP contribution in [0.25, 0.3) is 11.3 Å². The summed E-state index contributed by atoms with van der Waals surface area (Å²) in [6, 6.07) is 8.59. The van der Waals surface area contributed by atoms with Crippen LogP contribution in [0.4, 0.5) is 15.3 Å². The minimum atomic E-state index is -0.331. The Bertz CT molecular complexity index is 1480. The molecule has 0 spiro atoms. The van der Waals surface area contributed by atoms with E-state index in [1.54, 1.807) is 23.9 Å². The van der Waals surface area contributed by atoms with Crippen molar-refractivity contribution in [2.24, 2.45) is 0 Å². The van der Waals surface area contributed by atoms with E-state index >= 15 is 0 Å². The molecule has 5 heterocycles. The minimum Gasteiger partial charge on any atom is -0.378 e. The number of nitrogens with one attached hydrogen (secondary N) is 1. The number of morpholine rings is 1. The predicted molar refractivity (Wildman–Crippen MR) is 161 cm³/mol. The number of nitrogens with zero attached hydrogens (tertiary/aromatic N) is 8. The van der Waals surface area contributed by atoms with Crippen LogP contribution in [0.3, 0.4) is 0 Å². The average molecular weight is 612 g/mol. The van der Waals surface area contributed by atoms with E-state index in [4.69, 9.17) is 14.7 Å². The first-order chi connectivity index (χ1) is 20.4. The number of likely N-dealkylation sites (tertiary alicyclic amines) is 1. The number of anilines is 2. The van der Waals surface area contributed by atoms with E-state index in [9.17, 15) is 14.4 Å². The quantitative estimate of drug-likeness (QED) is 0.409. The molecule has 3 aliphatic rings. The number of fused-ring (bicyclic) bond motifs is 1. The van der Waals surface area contributed by atoms with Crippen molar-refractivity contribution in [1.82, 2.24) is 29.3 Å². The second-order valence-electron chi connectivity index (χ2n) is 10.7. The molecule has 0 saturated carbocycles. The molecule has 1 N–H and O–H groups in total. The van der Waals surface area contributed by atoms with Gasteiger partial charge in [0.05, 0.1) is 25.5 Å². The Balaban J connectivity index is 1.15. The number of ether oxygens (including phenoxy) is 1. The number of hydrogen-bond donors (Lipinski definition) is 1. The van der Waals surface area contributed by atoms with Gasteiger partial charge in [0.15, 0.2) is 16.1 Å². The number of likely N-dealkylation sites (N-methyl/N-ethyl adjacent to an activating group) is 1. The molecule has 0 radical (unpaired) electrons. The van der Waals surface area contributed by atoms with Crippen LogP contribution in [0.15, 0.2) is 29.4 Å². The first kappa shape index (κ1) is 28.9. The standard InChI is InChI=1S/C28H34FN9O2S2/c1-4-21-25(35(3)26-32-24(22(15-30)41-26)18-5-7-19(29)8-6-18)38-27(31-21)42-28(33-38)37-10-9-20(16-37)34(2)17-23(39)36-11-13-40-14-12-36/h5-8,20,28,33H,4,9-14,16-17H2,1-3H3. The summed E-state index contributed by atoms with van der Waals surface area (Å²) in [5, 5.41) is 11.3. The van der Waals surface area contributed by atoms with Gasteiger partial charge in [-0.25, -0.2) is 19.0 Å². The maximum atomic E-state index is 13.5. The molecule has 1 aromatic carbocycles. The molecule has 6 rings (SSSR count). The monoisotopic (exact) mass is 611 g/mol. The summed E-state index contributed by atoms with van der Waals surface area (Å²) in [6.07, 6.45) is 1.73. The number of carbonyl (C=O) groups excluding carboxylic acids is 1. The summed E-state index contributed by atoms with van der Waals surface area (Å²) in [4.78, 5) is 31.4. The Labute approximate surface area is 252 Å². The second-order valence-corrected chi connectivity index (χ2v) is 12.7. The lowest BCUT2D eigenvalue weighted by Gasteiger charge is -2.31. The highest BCUT2D eigenvalue weighted by atomic mass is 32.2. The fraction of sp³-hybridized carbons (Fsp3) is 0.500. The Morgan fingerprint density at radius 1 is 1.21 bits per heavy atom. The van der Waals surface area contributed by atoms with Crippen molar-refractivity contribution in [2.45, 2.75) is 36.5 Å². The summed E-state index contributed by atoms with van der Waals surface area (Å²) < 4.78 is 20.9. The molecule has 14 heteroatoms. The molecular formula is C28H34FN9O2S2. The van der Waals surface area contributed by atoms with E-state index in [0.29, 0.717) is 60.2 Å². The number of imidazole rings is 1. The molecule has 2 saturated heterocycles. The zero-order chi connectivity index (χ0) is 29.4. The lowest BCUT2D eigenvalue weighted by Crippen LogP contribution is -2.48. The van der Waals surface area contributed by atoms with Gasteiger partial charge in [0.1, 0.15) is 28.0 Å². The van der Waals surface area contributed by atoms with Crippen molar-refractivity contribution in [3.8, 4) is 17.3 Å². The van der Waals surface area contributed by atoms with E-state index < -0.39 is 0 Å². The first-order valence-corrected chi connectivity index (χ1v) is 15.8. The van der Waals surface area contributed by atoms with E-state index in [1.165, 1.54) is 23.5 Å². The molecule has 2 fully saturated rings. The molecule has 0 bridgehead atoms. The van der Waals surface area contributed by atoms with Crippen LogP contribution < -0.4 is 10.3 Å². The van der Waals surface area contributed by atoms with E-state index in [0.717, 1.165) is 42.6 Å². The molecule has 222 valence electrons. The van der Waals surface area contributed by atoms with Gasteiger partial charge in [0.25, 0.3) is 0 Å².